The molecule has 0 bridgehead atoms. The van der Waals surface area contributed by atoms with Crippen molar-refractivity contribution in [3.63, 3.8) is 0 Å². The van der Waals surface area contributed by atoms with Gasteiger partial charge < -0.3 is 9.64 Å². The molecule has 2 atom stereocenters. The number of hydrogen-bond acceptors (Lipinski definition) is 4. The zero-order valence-corrected chi connectivity index (χ0v) is 15.4. The van der Waals surface area contributed by atoms with E-state index in [1.807, 2.05) is 47.5 Å². The third-order valence-electron chi connectivity index (χ3n) is 5.64. The molecule has 1 amide bonds. The lowest BCUT2D eigenvalue weighted by Gasteiger charge is -2.28. The van der Waals surface area contributed by atoms with Crippen LogP contribution in [0.2, 0.25) is 0 Å². The number of nitrogens with zero attached hydrogens (tertiary/aromatic N) is 2. The van der Waals surface area contributed by atoms with Crippen molar-refractivity contribution in [2.75, 3.05) is 19.7 Å². The summed E-state index contributed by atoms with van der Waals surface area (Å²) in [6, 6.07) is 9.91. The number of carbonyl (C=O) groups excluding carboxylic acids is 1. The first-order valence-corrected chi connectivity index (χ1v) is 9.87. The molecule has 1 aliphatic carbocycles. The van der Waals surface area contributed by atoms with E-state index in [-0.39, 0.29) is 11.3 Å². The van der Waals surface area contributed by atoms with Crippen LogP contribution in [-0.2, 0) is 11.3 Å². The van der Waals surface area contributed by atoms with Gasteiger partial charge in [-0.1, -0.05) is 18.6 Å². The molecule has 0 spiro atoms. The molecule has 0 N–H and O–H groups in total. The number of thiophene rings is 1. The molecule has 5 heteroatoms. The summed E-state index contributed by atoms with van der Waals surface area (Å²) < 4.78 is 6.08. The van der Waals surface area contributed by atoms with Crippen molar-refractivity contribution in [2.45, 2.75) is 32.8 Å². The number of carbonyl (C=O) groups is 1. The standard InChI is InChI=1S/C20H24N2O2S/c1-15-5-2-7-17(21-15)12-24-14-20-9-3-6-16(20)11-22(13-20)19(23)18-8-4-10-25-18/h2,4-5,7-8,10,16H,3,6,9,11-14H2,1H3/t16-,20-/m1/s1. The highest BCUT2D eigenvalue weighted by molar-refractivity contribution is 7.12. The molecule has 0 unspecified atom stereocenters. The lowest BCUT2D eigenvalue weighted by atomic mass is 9.81. The number of aryl methyl sites for hydroxylation is 1. The molecule has 2 aromatic heterocycles. The Labute approximate surface area is 152 Å². The van der Waals surface area contributed by atoms with Crippen molar-refractivity contribution in [3.05, 3.63) is 52.0 Å². The second kappa shape index (κ2) is 6.89. The smallest absolute Gasteiger partial charge is 0.263 e. The molecule has 2 aromatic rings. The molecule has 3 heterocycles. The Hall–Kier alpha value is -1.72. The molecule has 2 aliphatic rings. The first kappa shape index (κ1) is 16.7. The summed E-state index contributed by atoms with van der Waals surface area (Å²) >= 11 is 1.53. The highest BCUT2D eigenvalue weighted by atomic mass is 32.1. The van der Waals surface area contributed by atoms with Gasteiger partial charge in [0.25, 0.3) is 5.91 Å². The first-order chi connectivity index (χ1) is 12.2. The molecule has 25 heavy (non-hydrogen) atoms. The van der Waals surface area contributed by atoms with Crippen molar-refractivity contribution in [1.82, 2.24) is 9.88 Å². The van der Waals surface area contributed by atoms with Crippen LogP contribution in [0.3, 0.4) is 0 Å². The SMILES string of the molecule is Cc1cccc(COC[C@]23CCC[C@@H]2CN(C(=O)c2cccs2)C3)n1. The van der Waals surface area contributed by atoms with Crippen molar-refractivity contribution in [1.29, 1.82) is 0 Å². The van der Waals surface area contributed by atoms with E-state index in [1.54, 1.807) is 0 Å². The maximum atomic E-state index is 12.7. The summed E-state index contributed by atoms with van der Waals surface area (Å²) in [5, 5.41) is 1.97. The number of fused-ring (bicyclic) bond motifs is 1. The van der Waals surface area contributed by atoms with Crippen LogP contribution in [0, 0.1) is 18.3 Å². The van der Waals surface area contributed by atoms with Gasteiger partial charge in [0.2, 0.25) is 0 Å². The van der Waals surface area contributed by atoms with Crippen LogP contribution in [-0.4, -0.2) is 35.5 Å². The van der Waals surface area contributed by atoms with Crippen LogP contribution in [0.1, 0.15) is 40.3 Å². The van der Waals surface area contributed by atoms with Gasteiger partial charge in [0.15, 0.2) is 0 Å². The van der Waals surface area contributed by atoms with E-state index >= 15 is 0 Å². The Morgan fingerprint density at radius 1 is 1.40 bits per heavy atom. The summed E-state index contributed by atoms with van der Waals surface area (Å²) in [5.74, 6) is 0.756. The molecule has 4 nitrogen and oxygen atoms in total. The van der Waals surface area contributed by atoms with Gasteiger partial charge in [-0.2, -0.15) is 0 Å². The van der Waals surface area contributed by atoms with Crippen LogP contribution in [0.5, 0.6) is 0 Å². The predicted molar refractivity (Wildman–Crippen MR) is 98.6 cm³/mol. The van der Waals surface area contributed by atoms with Gasteiger partial charge in [0, 0.05) is 24.2 Å². The van der Waals surface area contributed by atoms with Gasteiger partial charge in [-0.15, -0.1) is 11.3 Å². The minimum absolute atomic E-state index is 0.136. The normalized spacial score (nSPS) is 25.3. The Bertz CT molecular complexity index is 746. The zero-order valence-electron chi connectivity index (χ0n) is 14.6. The van der Waals surface area contributed by atoms with Crippen LogP contribution in [0.4, 0.5) is 0 Å². The van der Waals surface area contributed by atoms with Gasteiger partial charge in [-0.3, -0.25) is 9.78 Å². The third-order valence-corrected chi connectivity index (χ3v) is 6.50. The maximum Gasteiger partial charge on any atom is 0.263 e. The molecular formula is C20H24N2O2S. The van der Waals surface area contributed by atoms with Crippen LogP contribution in [0.25, 0.3) is 0 Å². The Kier molecular flexibility index (Phi) is 4.61. The lowest BCUT2D eigenvalue weighted by molar-refractivity contribution is 0.0252. The van der Waals surface area contributed by atoms with E-state index in [4.69, 9.17) is 4.74 Å². The highest BCUT2D eigenvalue weighted by Gasteiger charge is 2.50. The van der Waals surface area contributed by atoms with Crippen LogP contribution in [0.15, 0.2) is 35.7 Å². The molecule has 1 aliphatic heterocycles. The van der Waals surface area contributed by atoms with Crippen LogP contribution >= 0.6 is 11.3 Å². The molecule has 0 radical (unpaired) electrons. The average molecular weight is 356 g/mol. The van der Waals surface area contributed by atoms with Crippen LogP contribution < -0.4 is 0 Å². The second-order valence-corrected chi connectivity index (χ2v) is 8.33. The van der Waals surface area contributed by atoms with Gasteiger partial charge in [0.05, 0.1) is 23.8 Å². The fourth-order valence-electron chi connectivity index (χ4n) is 4.40. The largest absolute Gasteiger partial charge is 0.375 e. The number of hydrogen-bond donors (Lipinski definition) is 0. The van der Waals surface area contributed by atoms with Gasteiger partial charge in [-0.25, -0.2) is 0 Å². The van der Waals surface area contributed by atoms with Crippen molar-refractivity contribution >= 4 is 17.2 Å². The summed E-state index contributed by atoms with van der Waals surface area (Å²) in [7, 11) is 0. The molecule has 1 saturated heterocycles. The first-order valence-electron chi connectivity index (χ1n) is 8.99. The third kappa shape index (κ3) is 3.35. The summed E-state index contributed by atoms with van der Waals surface area (Å²) in [6.07, 6.45) is 3.62. The monoisotopic (exact) mass is 356 g/mol. The van der Waals surface area contributed by atoms with E-state index < -0.39 is 0 Å². The zero-order chi connectivity index (χ0) is 17.3. The summed E-state index contributed by atoms with van der Waals surface area (Å²) in [5.41, 5.74) is 2.14. The Balaban J connectivity index is 1.40. The van der Waals surface area contributed by atoms with Crippen molar-refractivity contribution < 1.29 is 9.53 Å². The molecule has 132 valence electrons. The Morgan fingerprint density at radius 2 is 2.32 bits per heavy atom. The quantitative estimate of drug-likeness (QED) is 0.816. The molecule has 4 rings (SSSR count). The number of likely N-dealkylation sites (tertiary alicyclic amines) is 1. The fraction of sp³-hybridized carbons (Fsp3) is 0.500. The molecular weight excluding hydrogens is 332 g/mol. The maximum absolute atomic E-state index is 12.7. The lowest BCUT2D eigenvalue weighted by Crippen LogP contribution is -2.34. The summed E-state index contributed by atoms with van der Waals surface area (Å²) in [6.45, 7) is 4.98. The predicted octanol–water partition coefficient (Wildman–Crippen LogP) is 3.91. The van der Waals surface area contributed by atoms with Gasteiger partial charge >= 0.3 is 0 Å². The number of pyridine rings is 1. The topological polar surface area (TPSA) is 42.4 Å². The van der Waals surface area contributed by atoms with E-state index in [9.17, 15) is 4.79 Å². The van der Waals surface area contributed by atoms with Crippen molar-refractivity contribution in [3.8, 4) is 0 Å². The van der Waals surface area contributed by atoms with E-state index in [0.717, 1.165) is 42.4 Å². The van der Waals surface area contributed by atoms with E-state index in [0.29, 0.717) is 12.5 Å². The van der Waals surface area contributed by atoms with Crippen molar-refractivity contribution in [2.24, 2.45) is 11.3 Å². The number of rotatable bonds is 5. The van der Waals surface area contributed by atoms with Gasteiger partial charge in [0.1, 0.15) is 0 Å². The van der Waals surface area contributed by atoms with E-state index in [2.05, 4.69) is 4.98 Å². The number of aromatic nitrogens is 1. The fourth-order valence-corrected chi connectivity index (χ4v) is 5.09. The summed E-state index contributed by atoms with van der Waals surface area (Å²) in [4.78, 5) is 20.1. The van der Waals surface area contributed by atoms with E-state index in [1.165, 1.54) is 24.2 Å². The average Bonchev–Trinajstić information content (AvgIpc) is 3.30. The van der Waals surface area contributed by atoms with Gasteiger partial charge in [-0.05, 0) is 49.3 Å². The number of amides is 1. The number of ether oxygens (including phenoxy) is 1. The minimum Gasteiger partial charge on any atom is -0.375 e. The molecule has 2 fully saturated rings. The molecule has 1 saturated carbocycles. The minimum atomic E-state index is 0.136. The Morgan fingerprint density at radius 3 is 3.12 bits per heavy atom. The highest BCUT2D eigenvalue weighted by Crippen LogP contribution is 2.49. The second-order valence-electron chi connectivity index (χ2n) is 7.38. The molecule has 0 aromatic carbocycles.